The molecular weight excluding hydrogens is 162 g/mol. The minimum Gasteiger partial charge on any atom is -0.211 e. The van der Waals surface area contributed by atoms with Crippen LogP contribution < -0.4 is 4.72 Å². The topological polar surface area (TPSA) is 48.2 Å². The molecule has 0 aliphatic carbocycles. The van der Waals surface area contributed by atoms with Crippen LogP contribution in [0.25, 0.3) is 0 Å². The molecule has 0 heterocycles. The van der Waals surface area contributed by atoms with Crippen molar-refractivity contribution in [3.63, 3.8) is 0 Å². The highest BCUT2D eigenvalue weighted by molar-refractivity contribution is 7.88. The minimum atomic E-state index is -3.09. The third-order valence-corrected chi connectivity index (χ3v) is 1.99. The van der Waals surface area contributed by atoms with E-state index in [2.05, 4.69) is 11.6 Å². The Hall–Kier alpha value is -0.0900. The second kappa shape index (κ2) is 5.55. The van der Waals surface area contributed by atoms with Crippen LogP contribution in [0.1, 0.15) is 32.6 Å². The fourth-order valence-corrected chi connectivity index (χ4v) is 1.23. The second-order valence-corrected chi connectivity index (χ2v) is 4.37. The van der Waals surface area contributed by atoms with Gasteiger partial charge in [-0.05, 0) is 6.42 Å². The van der Waals surface area contributed by atoms with Crippen LogP contribution in [0.15, 0.2) is 0 Å². The SMILES string of the molecule is CCCCCC[N]S(C)(=O)=O. The average Bonchev–Trinajstić information content (AvgIpc) is 1.85. The highest BCUT2D eigenvalue weighted by atomic mass is 32.2. The molecule has 0 aromatic carbocycles. The van der Waals surface area contributed by atoms with Crippen LogP contribution in [-0.4, -0.2) is 21.2 Å². The Morgan fingerprint density at radius 2 is 1.82 bits per heavy atom. The van der Waals surface area contributed by atoms with Crippen molar-refractivity contribution in [3.05, 3.63) is 0 Å². The molecule has 0 aliphatic heterocycles. The maximum Gasteiger partial charge on any atom is 0.224 e. The molecule has 0 atom stereocenters. The van der Waals surface area contributed by atoms with Crippen LogP contribution in [0.3, 0.4) is 0 Å². The molecule has 1 radical (unpaired) electrons. The van der Waals surface area contributed by atoms with Crippen molar-refractivity contribution in [1.82, 2.24) is 4.72 Å². The summed E-state index contributed by atoms with van der Waals surface area (Å²) < 4.78 is 24.5. The van der Waals surface area contributed by atoms with Crippen molar-refractivity contribution in [1.29, 1.82) is 0 Å². The predicted octanol–water partition coefficient (Wildman–Crippen LogP) is 1.13. The van der Waals surface area contributed by atoms with E-state index in [1.165, 1.54) is 12.8 Å². The Labute approximate surface area is 69.2 Å². The molecule has 0 amide bonds. The van der Waals surface area contributed by atoms with Crippen molar-refractivity contribution >= 4 is 10.0 Å². The normalized spacial score (nSPS) is 11.8. The number of sulfonamides is 1. The first kappa shape index (κ1) is 10.9. The van der Waals surface area contributed by atoms with Crippen molar-refractivity contribution in [2.24, 2.45) is 0 Å². The van der Waals surface area contributed by atoms with Gasteiger partial charge in [-0.1, -0.05) is 26.2 Å². The van der Waals surface area contributed by atoms with Gasteiger partial charge in [0, 0.05) is 6.54 Å². The van der Waals surface area contributed by atoms with Crippen molar-refractivity contribution in [3.8, 4) is 0 Å². The molecule has 0 unspecified atom stereocenters. The van der Waals surface area contributed by atoms with Crippen LogP contribution in [0.5, 0.6) is 0 Å². The molecule has 0 aromatic heterocycles. The Kier molecular flexibility index (Phi) is 5.50. The maximum absolute atomic E-state index is 10.5. The summed E-state index contributed by atoms with van der Waals surface area (Å²) in [6.07, 6.45) is 5.43. The largest absolute Gasteiger partial charge is 0.224 e. The zero-order chi connectivity index (χ0) is 8.74. The summed E-state index contributed by atoms with van der Waals surface area (Å²) in [6.45, 7) is 2.58. The fraction of sp³-hybridized carbons (Fsp3) is 1.00. The van der Waals surface area contributed by atoms with Gasteiger partial charge in [-0.2, -0.15) is 0 Å². The van der Waals surface area contributed by atoms with E-state index in [0.717, 1.165) is 19.1 Å². The van der Waals surface area contributed by atoms with Gasteiger partial charge in [-0.25, -0.2) is 8.42 Å². The van der Waals surface area contributed by atoms with E-state index >= 15 is 0 Å². The van der Waals surface area contributed by atoms with Gasteiger partial charge in [-0.3, -0.25) is 0 Å². The number of nitrogens with zero attached hydrogens (tertiary/aromatic N) is 1. The molecule has 0 saturated carbocycles. The molecule has 0 bridgehead atoms. The van der Waals surface area contributed by atoms with Crippen LogP contribution in [0, 0.1) is 0 Å². The maximum atomic E-state index is 10.5. The number of hydrogen-bond donors (Lipinski definition) is 0. The monoisotopic (exact) mass is 178 g/mol. The smallest absolute Gasteiger partial charge is 0.211 e. The molecule has 67 valence electrons. The number of hydrogen-bond acceptors (Lipinski definition) is 2. The number of unbranched alkanes of at least 4 members (excludes halogenated alkanes) is 3. The van der Waals surface area contributed by atoms with Crippen molar-refractivity contribution < 1.29 is 8.42 Å². The van der Waals surface area contributed by atoms with E-state index < -0.39 is 10.0 Å². The van der Waals surface area contributed by atoms with Gasteiger partial charge in [0.2, 0.25) is 10.0 Å². The van der Waals surface area contributed by atoms with Gasteiger partial charge in [0.05, 0.1) is 6.26 Å². The van der Waals surface area contributed by atoms with E-state index in [0.29, 0.717) is 6.54 Å². The lowest BCUT2D eigenvalue weighted by molar-refractivity contribution is 0.577. The molecule has 3 nitrogen and oxygen atoms in total. The van der Waals surface area contributed by atoms with Crippen LogP contribution in [0.2, 0.25) is 0 Å². The highest BCUT2D eigenvalue weighted by Gasteiger charge is 1.99. The molecule has 0 N–H and O–H groups in total. The van der Waals surface area contributed by atoms with Crippen molar-refractivity contribution in [2.75, 3.05) is 12.8 Å². The lowest BCUT2D eigenvalue weighted by Gasteiger charge is -1.97. The van der Waals surface area contributed by atoms with Crippen LogP contribution in [-0.2, 0) is 10.0 Å². The molecule has 0 aromatic rings. The molecule has 0 rings (SSSR count). The summed E-state index contributed by atoms with van der Waals surface area (Å²) in [5.41, 5.74) is 0. The van der Waals surface area contributed by atoms with E-state index in [1.54, 1.807) is 0 Å². The summed E-state index contributed by atoms with van der Waals surface area (Å²) in [5.74, 6) is 0. The summed E-state index contributed by atoms with van der Waals surface area (Å²) in [6, 6.07) is 0. The molecule has 0 spiro atoms. The fourth-order valence-electron chi connectivity index (χ4n) is 0.769. The van der Waals surface area contributed by atoms with Gasteiger partial charge >= 0.3 is 0 Å². The van der Waals surface area contributed by atoms with E-state index in [4.69, 9.17) is 0 Å². The highest BCUT2D eigenvalue weighted by Crippen LogP contribution is 1.97. The standard InChI is InChI=1S/C7H16NO2S/c1-3-4-5-6-7-8-11(2,9)10/h3-7H2,1-2H3. The predicted molar refractivity (Wildman–Crippen MR) is 46.0 cm³/mol. The first-order valence-corrected chi connectivity index (χ1v) is 5.80. The van der Waals surface area contributed by atoms with E-state index in [9.17, 15) is 8.42 Å². The van der Waals surface area contributed by atoms with Gasteiger partial charge in [0.1, 0.15) is 0 Å². The van der Waals surface area contributed by atoms with Crippen LogP contribution >= 0.6 is 0 Å². The molecule has 0 saturated heterocycles. The van der Waals surface area contributed by atoms with Crippen LogP contribution in [0.4, 0.5) is 0 Å². The summed E-state index contributed by atoms with van der Waals surface area (Å²) in [5, 5.41) is 0. The Balaban J connectivity index is 3.16. The third kappa shape index (κ3) is 9.91. The van der Waals surface area contributed by atoms with Gasteiger partial charge in [0.15, 0.2) is 0 Å². The summed E-state index contributed by atoms with van der Waals surface area (Å²) >= 11 is 0. The molecule has 4 heteroatoms. The lowest BCUT2D eigenvalue weighted by atomic mass is 10.2. The minimum absolute atomic E-state index is 0.457. The van der Waals surface area contributed by atoms with E-state index in [-0.39, 0.29) is 0 Å². The van der Waals surface area contributed by atoms with Gasteiger partial charge < -0.3 is 0 Å². The zero-order valence-corrected chi connectivity index (χ0v) is 8.02. The Morgan fingerprint density at radius 1 is 1.18 bits per heavy atom. The molecular formula is C7H16NO2S. The quantitative estimate of drug-likeness (QED) is 0.572. The molecule has 0 aliphatic rings. The van der Waals surface area contributed by atoms with Gasteiger partial charge in [-0.15, -0.1) is 4.72 Å². The van der Waals surface area contributed by atoms with E-state index in [1.807, 2.05) is 0 Å². The molecule has 11 heavy (non-hydrogen) atoms. The lowest BCUT2D eigenvalue weighted by Crippen LogP contribution is -2.14. The second-order valence-electron chi connectivity index (χ2n) is 2.65. The third-order valence-electron chi connectivity index (χ3n) is 1.34. The number of rotatable bonds is 6. The van der Waals surface area contributed by atoms with Crippen molar-refractivity contribution in [2.45, 2.75) is 32.6 Å². The molecule has 0 fully saturated rings. The first-order chi connectivity index (χ1) is 5.06. The Bertz CT molecular complexity index is 175. The van der Waals surface area contributed by atoms with Gasteiger partial charge in [0.25, 0.3) is 0 Å². The zero-order valence-electron chi connectivity index (χ0n) is 7.21. The first-order valence-electron chi connectivity index (χ1n) is 3.95. The summed E-state index contributed by atoms with van der Waals surface area (Å²) in [7, 11) is -3.09. The summed E-state index contributed by atoms with van der Waals surface area (Å²) in [4.78, 5) is 0. The average molecular weight is 178 g/mol. The Morgan fingerprint density at radius 3 is 2.27 bits per heavy atom.